The molecule has 3 rings (SSSR count). The Kier molecular flexibility index (Phi) is 4.76. The molecule has 0 bridgehead atoms. The lowest BCUT2D eigenvalue weighted by atomic mass is 9.85. The molecule has 22 heavy (non-hydrogen) atoms. The SMILES string of the molecule is O=C(NCC1CC(=O)N(CCc2ccccc2)C1)C1CCC1. The first kappa shape index (κ1) is 15.1. The first-order valence-corrected chi connectivity index (χ1v) is 8.32. The highest BCUT2D eigenvalue weighted by Crippen LogP contribution is 2.26. The molecule has 2 fully saturated rings. The number of amides is 2. The zero-order chi connectivity index (χ0) is 15.4. The second kappa shape index (κ2) is 6.95. The lowest BCUT2D eigenvalue weighted by Crippen LogP contribution is -2.37. The van der Waals surface area contributed by atoms with Crippen LogP contribution in [0.25, 0.3) is 0 Å². The fourth-order valence-electron chi connectivity index (χ4n) is 3.18. The maximum atomic E-state index is 12.1. The average Bonchev–Trinajstić information content (AvgIpc) is 2.83. The van der Waals surface area contributed by atoms with Gasteiger partial charge in [-0.2, -0.15) is 0 Å². The topological polar surface area (TPSA) is 49.4 Å². The Bertz CT molecular complexity index is 525. The van der Waals surface area contributed by atoms with Crippen molar-refractivity contribution in [2.24, 2.45) is 11.8 Å². The van der Waals surface area contributed by atoms with Crippen LogP contribution in [0, 0.1) is 11.8 Å². The molecule has 4 nitrogen and oxygen atoms in total. The van der Waals surface area contributed by atoms with Gasteiger partial charge in [0.05, 0.1) is 0 Å². The van der Waals surface area contributed by atoms with E-state index in [9.17, 15) is 9.59 Å². The normalized spacial score (nSPS) is 21.7. The Morgan fingerprint density at radius 1 is 1.23 bits per heavy atom. The van der Waals surface area contributed by atoms with Gasteiger partial charge in [-0.3, -0.25) is 9.59 Å². The van der Waals surface area contributed by atoms with E-state index in [-0.39, 0.29) is 23.7 Å². The molecular weight excluding hydrogens is 276 g/mol. The summed E-state index contributed by atoms with van der Waals surface area (Å²) in [5, 5.41) is 3.02. The van der Waals surface area contributed by atoms with E-state index < -0.39 is 0 Å². The van der Waals surface area contributed by atoms with E-state index in [1.807, 2.05) is 23.1 Å². The smallest absolute Gasteiger partial charge is 0.223 e. The van der Waals surface area contributed by atoms with Crippen molar-refractivity contribution in [1.82, 2.24) is 10.2 Å². The Balaban J connectivity index is 1.41. The van der Waals surface area contributed by atoms with Gasteiger partial charge in [0.15, 0.2) is 0 Å². The summed E-state index contributed by atoms with van der Waals surface area (Å²) in [7, 11) is 0. The summed E-state index contributed by atoms with van der Waals surface area (Å²) in [6.07, 6.45) is 4.69. The molecule has 0 aromatic heterocycles. The number of rotatable bonds is 6. The molecule has 1 aliphatic carbocycles. The van der Waals surface area contributed by atoms with E-state index in [0.29, 0.717) is 13.0 Å². The predicted octanol–water partition coefficient (Wildman–Crippen LogP) is 1.99. The quantitative estimate of drug-likeness (QED) is 0.873. The second-order valence-electron chi connectivity index (χ2n) is 6.52. The van der Waals surface area contributed by atoms with Crippen molar-refractivity contribution < 1.29 is 9.59 Å². The molecule has 1 saturated carbocycles. The summed E-state index contributed by atoms with van der Waals surface area (Å²) in [5.41, 5.74) is 1.26. The summed E-state index contributed by atoms with van der Waals surface area (Å²) in [6.45, 7) is 2.19. The molecule has 0 radical (unpaired) electrons. The highest BCUT2D eigenvalue weighted by Gasteiger charge is 2.31. The van der Waals surface area contributed by atoms with Gasteiger partial charge in [-0.15, -0.1) is 0 Å². The van der Waals surface area contributed by atoms with E-state index in [1.165, 1.54) is 12.0 Å². The fraction of sp³-hybridized carbons (Fsp3) is 0.556. The minimum Gasteiger partial charge on any atom is -0.356 e. The van der Waals surface area contributed by atoms with Gasteiger partial charge in [0.1, 0.15) is 0 Å². The molecule has 1 aliphatic heterocycles. The van der Waals surface area contributed by atoms with E-state index in [4.69, 9.17) is 0 Å². The van der Waals surface area contributed by atoms with E-state index in [0.717, 1.165) is 32.4 Å². The molecule has 1 aromatic carbocycles. The molecule has 1 heterocycles. The number of nitrogens with one attached hydrogen (secondary N) is 1. The number of hydrogen-bond acceptors (Lipinski definition) is 2. The number of likely N-dealkylation sites (tertiary alicyclic amines) is 1. The zero-order valence-electron chi connectivity index (χ0n) is 13.0. The van der Waals surface area contributed by atoms with Crippen LogP contribution in [0.15, 0.2) is 30.3 Å². The van der Waals surface area contributed by atoms with Crippen LogP contribution in [0.3, 0.4) is 0 Å². The Morgan fingerprint density at radius 3 is 2.68 bits per heavy atom. The monoisotopic (exact) mass is 300 g/mol. The lowest BCUT2D eigenvalue weighted by molar-refractivity contribution is -0.128. The summed E-state index contributed by atoms with van der Waals surface area (Å²) < 4.78 is 0. The van der Waals surface area contributed by atoms with Crippen molar-refractivity contribution in [3.05, 3.63) is 35.9 Å². The minimum absolute atomic E-state index is 0.182. The van der Waals surface area contributed by atoms with Crippen molar-refractivity contribution in [3.8, 4) is 0 Å². The molecule has 2 amide bonds. The third-order valence-electron chi connectivity index (χ3n) is 4.85. The minimum atomic E-state index is 0.182. The molecule has 2 aliphatic rings. The molecule has 1 unspecified atom stereocenters. The lowest BCUT2D eigenvalue weighted by Gasteiger charge is -2.24. The van der Waals surface area contributed by atoms with Crippen molar-refractivity contribution >= 4 is 11.8 Å². The fourth-order valence-corrected chi connectivity index (χ4v) is 3.18. The van der Waals surface area contributed by atoms with Gasteiger partial charge in [0.2, 0.25) is 11.8 Å². The van der Waals surface area contributed by atoms with Crippen molar-refractivity contribution in [3.63, 3.8) is 0 Å². The second-order valence-corrected chi connectivity index (χ2v) is 6.52. The molecule has 1 N–H and O–H groups in total. The Hall–Kier alpha value is -1.84. The maximum absolute atomic E-state index is 12.1. The van der Waals surface area contributed by atoms with Gasteiger partial charge >= 0.3 is 0 Å². The number of hydrogen-bond donors (Lipinski definition) is 1. The van der Waals surface area contributed by atoms with Gasteiger partial charge in [0.25, 0.3) is 0 Å². The number of carbonyl (C=O) groups is 2. The molecule has 0 spiro atoms. The highest BCUT2D eigenvalue weighted by atomic mass is 16.2. The standard InChI is InChI=1S/C18H24N2O2/c21-17-11-15(12-19-18(22)16-7-4-8-16)13-20(17)10-9-14-5-2-1-3-6-14/h1-3,5-6,15-16H,4,7-13H2,(H,19,22). The summed E-state index contributed by atoms with van der Waals surface area (Å²) >= 11 is 0. The number of nitrogens with zero attached hydrogens (tertiary/aromatic N) is 1. The van der Waals surface area contributed by atoms with Crippen LogP contribution in [-0.4, -0.2) is 36.3 Å². The van der Waals surface area contributed by atoms with Gasteiger partial charge in [-0.25, -0.2) is 0 Å². The first-order valence-electron chi connectivity index (χ1n) is 8.32. The van der Waals surface area contributed by atoms with Crippen LogP contribution < -0.4 is 5.32 Å². The predicted molar refractivity (Wildman–Crippen MR) is 85.2 cm³/mol. The molecule has 1 saturated heterocycles. The molecule has 4 heteroatoms. The van der Waals surface area contributed by atoms with Crippen molar-refractivity contribution in [2.75, 3.05) is 19.6 Å². The third-order valence-corrected chi connectivity index (χ3v) is 4.85. The average molecular weight is 300 g/mol. The molecule has 1 atom stereocenters. The van der Waals surface area contributed by atoms with Crippen LogP contribution in [0.2, 0.25) is 0 Å². The van der Waals surface area contributed by atoms with Crippen LogP contribution in [0.5, 0.6) is 0 Å². The first-order chi connectivity index (χ1) is 10.7. The molecular formula is C18H24N2O2. The number of benzene rings is 1. The van der Waals surface area contributed by atoms with E-state index in [1.54, 1.807) is 0 Å². The van der Waals surface area contributed by atoms with Crippen LogP contribution in [0.4, 0.5) is 0 Å². The van der Waals surface area contributed by atoms with Gasteiger partial charge < -0.3 is 10.2 Å². The van der Waals surface area contributed by atoms with Crippen molar-refractivity contribution in [2.45, 2.75) is 32.1 Å². The van der Waals surface area contributed by atoms with Crippen LogP contribution >= 0.6 is 0 Å². The van der Waals surface area contributed by atoms with Crippen LogP contribution in [-0.2, 0) is 16.0 Å². The highest BCUT2D eigenvalue weighted by molar-refractivity contribution is 5.80. The maximum Gasteiger partial charge on any atom is 0.223 e. The van der Waals surface area contributed by atoms with E-state index in [2.05, 4.69) is 17.4 Å². The summed E-state index contributed by atoms with van der Waals surface area (Å²) in [6, 6.07) is 10.2. The molecule has 1 aromatic rings. The van der Waals surface area contributed by atoms with Crippen molar-refractivity contribution in [1.29, 1.82) is 0 Å². The number of carbonyl (C=O) groups excluding carboxylic acids is 2. The summed E-state index contributed by atoms with van der Waals surface area (Å²) in [4.78, 5) is 25.8. The van der Waals surface area contributed by atoms with Crippen LogP contribution in [0.1, 0.15) is 31.2 Å². The van der Waals surface area contributed by atoms with Gasteiger partial charge in [-0.1, -0.05) is 36.8 Å². The summed E-state index contributed by atoms with van der Waals surface area (Å²) in [5.74, 6) is 0.902. The Labute approximate surface area is 131 Å². The Morgan fingerprint density at radius 2 is 2.00 bits per heavy atom. The largest absolute Gasteiger partial charge is 0.356 e. The van der Waals surface area contributed by atoms with Gasteiger partial charge in [0, 0.05) is 37.9 Å². The molecule has 118 valence electrons. The van der Waals surface area contributed by atoms with E-state index >= 15 is 0 Å². The zero-order valence-corrected chi connectivity index (χ0v) is 13.0. The van der Waals surface area contributed by atoms with Gasteiger partial charge in [-0.05, 0) is 24.8 Å². The third kappa shape index (κ3) is 3.67.